The summed E-state index contributed by atoms with van der Waals surface area (Å²) in [5.41, 5.74) is 3.08. The third-order valence-electron chi connectivity index (χ3n) is 2.76. The lowest BCUT2D eigenvalue weighted by Crippen LogP contribution is -1.92. The van der Waals surface area contributed by atoms with Crippen molar-refractivity contribution in [2.45, 2.75) is 0 Å². The van der Waals surface area contributed by atoms with Gasteiger partial charge in [0.2, 0.25) is 0 Å². The molecule has 0 amide bonds. The van der Waals surface area contributed by atoms with Crippen LogP contribution in [-0.2, 0) is 7.05 Å². The first kappa shape index (κ1) is 10.5. The molecule has 0 aliphatic rings. The SMILES string of the molecule is Cn1c(-c2ccccc2)nc2cncc(Br)c21. The van der Waals surface area contributed by atoms with E-state index >= 15 is 0 Å². The molecule has 1 aromatic carbocycles. The van der Waals surface area contributed by atoms with Crippen molar-refractivity contribution < 1.29 is 0 Å². The van der Waals surface area contributed by atoms with Gasteiger partial charge in [-0.05, 0) is 15.9 Å². The predicted molar refractivity (Wildman–Crippen MR) is 71.6 cm³/mol. The average Bonchev–Trinajstić information content (AvgIpc) is 2.69. The van der Waals surface area contributed by atoms with Crippen molar-refractivity contribution in [1.82, 2.24) is 14.5 Å². The fourth-order valence-electron chi connectivity index (χ4n) is 1.97. The predicted octanol–water partition coefficient (Wildman–Crippen LogP) is 3.40. The molecule has 0 N–H and O–H groups in total. The summed E-state index contributed by atoms with van der Waals surface area (Å²) in [6, 6.07) is 10.2. The zero-order valence-electron chi connectivity index (χ0n) is 9.26. The minimum absolute atomic E-state index is 0.903. The maximum atomic E-state index is 4.61. The molecular formula is C13H10BrN3. The lowest BCUT2D eigenvalue weighted by atomic mass is 10.2. The second-order valence-corrected chi connectivity index (χ2v) is 4.70. The lowest BCUT2D eigenvalue weighted by Gasteiger charge is -2.02. The molecule has 0 aliphatic heterocycles. The molecule has 0 radical (unpaired) electrons. The second-order valence-electron chi connectivity index (χ2n) is 3.85. The summed E-state index contributed by atoms with van der Waals surface area (Å²) in [7, 11) is 2.02. The van der Waals surface area contributed by atoms with Gasteiger partial charge in [-0.2, -0.15) is 0 Å². The number of aromatic nitrogens is 3. The van der Waals surface area contributed by atoms with Gasteiger partial charge in [0.1, 0.15) is 11.3 Å². The Kier molecular flexibility index (Phi) is 2.44. The van der Waals surface area contributed by atoms with E-state index in [1.807, 2.05) is 25.2 Å². The van der Waals surface area contributed by atoms with Crippen molar-refractivity contribution in [1.29, 1.82) is 0 Å². The number of aryl methyl sites for hydroxylation is 1. The first-order valence-corrected chi connectivity index (χ1v) is 6.08. The molecule has 17 heavy (non-hydrogen) atoms. The number of halogens is 1. The van der Waals surface area contributed by atoms with Gasteiger partial charge in [-0.3, -0.25) is 4.98 Å². The van der Waals surface area contributed by atoms with Crippen LogP contribution in [0.15, 0.2) is 47.2 Å². The van der Waals surface area contributed by atoms with Crippen LogP contribution in [0, 0.1) is 0 Å². The first-order chi connectivity index (χ1) is 8.27. The standard InChI is InChI=1S/C13H10BrN3/c1-17-12-10(14)7-15-8-11(12)16-13(17)9-5-3-2-4-6-9/h2-8H,1H3. The van der Waals surface area contributed by atoms with Crippen molar-refractivity contribution in [3.63, 3.8) is 0 Å². The summed E-state index contributed by atoms with van der Waals surface area (Å²) in [5.74, 6) is 0.953. The van der Waals surface area contributed by atoms with E-state index in [-0.39, 0.29) is 0 Å². The summed E-state index contributed by atoms with van der Waals surface area (Å²) in [6.45, 7) is 0. The highest BCUT2D eigenvalue weighted by molar-refractivity contribution is 9.10. The van der Waals surface area contributed by atoms with Crippen molar-refractivity contribution in [3.05, 3.63) is 47.2 Å². The van der Waals surface area contributed by atoms with Crippen LogP contribution in [0.1, 0.15) is 0 Å². The Morgan fingerprint density at radius 3 is 2.59 bits per heavy atom. The number of nitrogens with zero attached hydrogens (tertiary/aromatic N) is 3. The summed E-state index contributed by atoms with van der Waals surface area (Å²) in [6.07, 6.45) is 3.57. The van der Waals surface area contributed by atoms with Gasteiger partial charge in [-0.1, -0.05) is 30.3 Å². The third-order valence-corrected chi connectivity index (χ3v) is 3.35. The van der Waals surface area contributed by atoms with E-state index in [0.717, 1.165) is 26.9 Å². The van der Waals surface area contributed by atoms with E-state index in [0.29, 0.717) is 0 Å². The van der Waals surface area contributed by atoms with Gasteiger partial charge in [0.25, 0.3) is 0 Å². The Bertz CT molecular complexity index is 674. The molecule has 0 unspecified atom stereocenters. The monoisotopic (exact) mass is 287 g/mol. The Hall–Kier alpha value is -1.68. The summed E-state index contributed by atoms with van der Waals surface area (Å²) in [5, 5.41) is 0. The number of imidazole rings is 1. The molecule has 0 aliphatic carbocycles. The molecular weight excluding hydrogens is 278 g/mol. The van der Waals surface area contributed by atoms with Gasteiger partial charge >= 0.3 is 0 Å². The molecule has 2 aromatic heterocycles. The minimum Gasteiger partial charge on any atom is -0.326 e. The van der Waals surface area contributed by atoms with Crippen molar-refractivity contribution in [3.8, 4) is 11.4 Å². The number of pyridine rings is 1. The molecule has 0 fully saturated rings. The van der Waals surface area contributed by atoms with Crippen LogP contribution in [0.5, 0.6) is 0 Å². The smallest absolute Gasteiger partial charge is 0.140 e. The molecule has 0 saturated heterocycles. The van der Waals surface area contributed by atoms with Gasteiger partial charge in [-0.15, -0.1) is 0 Å². The van der Waals surface area contributed by atoms with E-state index in [1.165, 1.54) is 0 Å². The number of rotatable bonds is 1. The normalized spacial score (nSPS) is 10.9. The quantitative estimate of drug-likeness (QED) is 0.687. The van der Waals surface area contributed by atoms with Crippen molar-refractivity contribution in [2.75, 3.05) is 0 Å². The van der Waals surface area contributed by atoms with E-state index in [2.05, 4.69) is 42.6 Å². The van der Waals surface area contributed by atoms with Gasteiger partial charge < -0.3 is 4.57 Å². The van der Waals surface area contributed by atoms with Crippen LogP contribution in [0.3, 0.4) is 0 Å². The zero-order valence-corrected chi connectivity index (χ0v) is 10.8. The van der Waals surface area contributed by atoms with Gasteiger partial charge in [-0.25, -0.2) is 4.98 Å². The molecule has 3 nitrogen and oxygen atoms in total. The largest absolute Gasteiger partial charge is 0.326 e. The van der Waals surface area contributed by atoms with Gasteiger partial charge in [0, 0.05) is 18.8 Å². The molecule has 3 aromatic rings. The molecule has 2 heterocycles. The van der Waals surface area contributed by atoms with E-state index in [9.17, 15) is 0 Å². The molecule has 0 atom stereocenters. The highest BCUT2D eigenvalue weighted by Gasteiger charge is 2.11. The number of benzene rings is 1. The van der Waals surface area contributed by atoms with Crippen LogP contribution >= 0.6 is 15.9 Å². The van der Waals surface area contributed by atoms with Crippen LogP contribution in [0.2, 0.25) is 0 Å². The van der Waals surface area contributed by atoms with E-state index in [1.54, 1.807) is 12.4 Å². The maximum Gasteiger partial charge on any atom is 0.140 e. The third kappa shape index (κ3) is 1.65. The minimum atomic E-state index is 0.903. The van der Waals surface area contributed by atoms with Crippen molar-refractivity contribution >= 4 is 27.0 Å². The molecule has 4 heteroatoms. The Balaban J connectivity index is 2.33. The topological polar surface area (TPSA) is 30.7 Å². The number of hydrogen-bond donors (Lipinski definition) is 0. The van der Waals surface area contributed by atoms with Crippen LogP contribution in [-0.4, -0.2) is 14.5 Å². The van der Waals surface area contributed by atoms with Gasteiger partial charge in [0.05, 0.1) is 16.2 Å². The molecule has 0 bridgehead atoms. The summed E-state index contributed by atoms with van der Waals surface area (Å²) < 4.78 is 3.04. The molecule has 84 valence electrons. The van der Waals surface area contributed by atoms with Crippen LogP contribution in [0.25, 0.3) is 22.4 Å². The molecule has 0 saturated carbocycles. The first-order valence-electron chi connectivity index (χ1n) is 5.29. The fourth-order valence-corrected chi connectivity index (χ4v) is 2.56. The Morgan fingerprint density at radius 2 is 1.88 bits per heavy atom. The van der Waals surface area contributed by atoms with Crippen LogP contribution in [0.4, 0.5) is 0 Å². The highest BCUT2D eigenvalue weighted by Crippen LogP contribution is 2.27. The number of fused-ring (bicyclic) bond motifs is 1. The Morgan fingerprint density at radius 1 is 1.12 bits per heavy atom. The fraction of sp³-hybridized carbons (Fsp3) is 0.0769. The van der Waals surface area contributed by atoms with E-state index < -0.39 is 0 Å². The lowest BCUT2D eigenvalue weighted by molar-refractivity contribution is 0.957. The van der Waals surface area contributed by atoms with Crippen LogP contribution < -0.4 is 0 Å². The van der Waals surface area contributed by atoms with Crippen molar-refractivity contribution in [2.24, 2.45) is 7.05 Å². The zero-order chi connectivity index (χ0) is 11.8. The summed E-state index contributed by atoms with van der Waals surface area (Å²) >= 11 is 3.51. The summed E-state index contributed by atoms with van der Waals surface area (Å²) in [4.78, 5) is 8.75. The molecule has 0 spiro atoms. The average molecular weight is 288 g/mol. The van der Waals surface area contributed by atoms with E-state index in [4.69, 9.17) is 0 Å². The maximum absolute atomic E-state index is 4.61. The highest BCUT2D eigenvalue weighted by atomic mass is 79.9. The number of hydrogen-bond acceptors (Lipinski definition) is 2. The molecule has 3 rings (SSSR count). The Labute approximate surface area is 107 Å². The second kappa shape index (κ2) is 3.96. The van der Waals surface area contributed by atoms with Gasteiger partial charge in [0.15, 0.2) is 0 Å².